The van der Waals surface area contributed by atoms with E-state index in [1.54, 1.807) is 18.3 Å². The molecule has 18 heavy (non-hydrogen) atoms. The second-order valence-electron chi connectivity index (χ2n) is 3.82. The van der Waals surface area contributed by atoms with Crippen LogP contribution in [0.25, 0.3) is 0 Å². The zero-order valence-corrected chi connectivity index (χ0v) is 10.2. The fourth-order valence-electron chi connectivity index (χ4n) is 1.43. The average Bonchev–Trinajstić information content (AvgIpc) is 2.40. The number of hydrogen-bond acceptors (Lipinski definition) is 4. The van der Waals surface area contributed by atoms with Crippen molar-refractivity contribution in [2.45, 2.75) is 13.3 Å². The van der Waals surface area contributed by atoms with Gasteiger partial charge in [0.2, 0.25) is 5.95 Å². The molecule has 0 aliphatic heterocycles. The van der Waals surface area contributed by atoms with E-state index < -0.39 is 0 Å². The molecule has 0 aliphatic rings. The summed E-state index contributed by atoms with van der Waals surface area (Å²) in [5.41, 5.74) is 0.754. The predicted molar refractivity (Wildman–Crippen MR) is 70.5 cm³/mol. The second-order valence-corrected chi connectivity index (χ2v) is 3.82. The highest BCUT2D eigenvalue weighted by molar-refractivity contribution is 5.54. The van der Waals surface area contributed by atoms with Crippen LogP contribution in [0, 0.1) is 5.82 Å². The summed E-state index contributed by atoms with van der Waals surface area (Å²) in [5, 5.41) is 6.20. The highest BCUT2D eigenvalue weighted by Gasteiger charge is 1.99. The first-order valence-electron chi connectivity index (χ1n) is 5.87. The SMILES string of the molecule is CCCNc1ccnc(Nc2ccc(F)cc2)n1. The Kier molecular flexibility index (Phi) is 4.06. The van der Waals surface area contributed by atoms with Crippen molar-refractivity contribution in [2.24, 2.45) is 0 Å². The van der Waals surface area contributed by atoms with Crippen LogP contribution in [0.3, 0.4) is 0 Å². The molecule has 0 saturated carbocycles. The molecule has 0 unspecified atom stereocenters. The van der Waals surface area contributed by atoms with Crippen molar-refractivity contribution < 1.29 is 4.39 Å². The molecule has 4 nitrogen and oxygen atoms in total. The zero-order chi connectivity index (χ0) is 12.8. The van der Waals surface area contributed by atoms with E-state index >= 15 is 0 Å². The van der Waals surface area contributed by atoms with Gasteiger partial charge in [0.05, 0.1) is 0 Å². The second kappa shape index (κ2) is 5.95. The third-order valence-corrected chi connectivity index (χ3v) is 2.31. The topological polar surface area (TPSA) is 49.8 Å². The van der Waals surface area contributed by atoms with Crippen molar-refractivity contribution in [3.63, 3.8) is 0 Å². The van der Waals surface area contributed by atoms with Gasteiger partial charge in [-0.05, 0) is 36.8 Å². The molecule has 0 fully saturated rings. The lowest BCUT2D eigenvalue weighted by molar-refractivity contribution is 0.628. The van der Waals surface area contributed by atoms with Crippen molar-refractivity contribution in [1.29, 1.82) is 0 Å². The summed E-state index contributed by atoms with van der Waals surface area (Å²) in [5.74, 6) is 0.999. The van der Waals surface area contributed by atoms with Crippen molar-refractivity contribution in [3.05, 3.63) is 42.3 Å². The van der Waals surface area contributed by atoms with Crippen molar-refractivity contribution in [3.8, 4) is 0 Å². The standard InChI is InChI=1S/C13H15FN4/c1-2-8-15-12-7-9-16-13(18-12)17-11-5-3-10(14)4-6-11/h3-7,9H,2,8H2,1H3,(H2,15,16,17,18). The van der Waals surface area contributed by atoms with E-state index in [1.807, 2.05) is 6.07 Å². The molecule has 2 rings (SSSR count). The Bertz CT molecular complexity index is 499. The lowest BCUT2D eigenvalue weighted by Gasteiger charge is -2.07. The Hall–Kier alpha value is -2.17. The zero-order valence-electron chi connectivity index (χ0n) is 10.2. The molecule has 1 heterocycles. The first-order chi connectivity index (χ1) is 8.78. The molecule has 0 spiro atoms. The van der Waals surface area contributed by atoms with E-state index in [0.29, 0.717) is 5.95 Å². The lowest BCUT2D eigenvalue weighted by atomic mass is 10.3. The Morgan fingerprint density at radius 1 is 1.17 bits per heavy atom. The fourth-order valence-corrected chi connectivity index (χ4v) is 1.43. The minimum Gasteiger partial charge on any atom is -0.370 e. The number of rotatable bonds is 5. The Balaban J connectivity index is 2.06. The Labute approximate surface area is 105 Å². The summed E-state index contributed by atoms with van der Waals surface area (Å²) in [6.07, 6.45) is 2.71. The molecule has 0 bridgehead atoms. The molecule has 2 aromatic rings. The first-order valence-corrected chi connectivity index (χ1v) is 5.87. The van der Waals surface area contributed by atoms with E-state index in [9.17, 15) is 4.39 Å². The van der Waals surface area contributed by atoms with Crippen LogP contribution in [0.5, 0.6) is 0 Å². The summed E-state index contributed by atoms with van der Waals surface area (Å²) >= 11 is 0. The molecule has 1 aromatic carbocycles. The first kappa shape index (κ1) is 12.3. The van der Waals surface area contributed by atoms with Crippen LogP contribution in [-0.4, -0.2) is 16.5 Å². The van der Waals surface area contributed by atoms with E-state index in [1.165, 1.54) is 12.1 Å². The molecule has 1 aromatic heterocycles. The minimum absolute atomic E-state index is 0.264. The molecule has 5 heteroatoms. The molecule has 0 atom stereocenters. The van der Waals surface area contributed by atoms with E-state index in [-0.39, 0.29) is 5.82 Å². The largest absolute Gasteiger partial charge is 0.370 e. The van der Waals surface area contributed by atoms with E-state index in [0.717, 1.165) is 24.5 Å². The summed E-state index contributed by atoms with van der Waals surface area (Å²) < 4.78 is 12.8. The van der Waals surface area contributed by atoms with Gasteiger partial charge in [0.25, 0.3) is 0 Å². The van der Waals surface area contributed by atoms with Crippen LogP contribution >= 0.6 is 0 Å². The highest BCUT2D eigenvalue weighted by atomic mass is 19.1. The number of hydrogen-bond donors (Lipinski definition) is 2. The maximum absolute atomic E-state index is 12.8. The number of halogens is 1. The summed E-state index contributed by atoms with van der Waals surface area (Å²) in [7, 11) is 0. The van der Waals surface area contributed by atoms with Gasteiger partial charge in [-0.25, -0.2) is 9.37 Å². The molecule has 94 valence electrons. The minimum atomic E-state index is -0.264. The molecule has 0 radical (unpaired) electrons. The van der Waals surface area contributed by atoms with E-state index in [4.69, 9.17) is 0 Å². The van der Waals surface area contributed by atoms with Crippen LogP contribution in [0.1, 0.15) is 13.3 Å². The molecular weight excluding hydrogens is 231 g/mol. The molecule has 0 aliphatic carbocycles. The molecule has 0 saturated heterocycles. The summed E-state index contributed by atoms with van der Waals surface area (Å²) in [6, 6.07) is 7.88. The molecular formula is C13H15FN4. The van der Waals surface area contributed by atoms with Crippen LogP contribution in [-0.2, 0) is 0 Å². The third kappa shape index (κ3) is 3.41. The Morgan fingerprint density at radius 2 is 1.94 bits per heavy atom. The Morgan fingerprint density at radius 3 is 2.67 bits per heavy atom. The van der Waals surface area contributed by atoms with Crippen LogP contribution < -0.4 is 10.6 Å². The number of benzene rings is 1. The van der Waals surface area contributed by atoms with Gasteiger partial charge in [0, 0.05) is 18.4 Å². The van der Waals surface area contributed by atoms with Crippen molar-refractivity contribution in [2.75, 3.05) is 17.2 Å². The number of anilines is 3. The van der Waals surface area contributed by atoms with Gasteiger partial charge in [0.15, 0.2) is 0 Å². The number of nitrogens with zero attached hydrogens (tertiary/aromatic N) is 2. The van der Waals surface area contributed by atoms with Gasteiger partial charge in [-0.2, -0.15) is 4.98 Å². The van der Waals surface area contributed by atoms with Gasteiger partial charge in [-0.1, -0.05) is 6.92 Å². The molecule has 0 amide bonds. The van der Waals surface area contributed by atoms with Gasteiger partial charge >= 0.3 is 0 Å². The highest BCUT2D eigenvalue weighted by Crippen LogP contribution is 2.14. The smallest absolute Gasteiger partial charge is 0.229 e. The molecule has 2 N–H and O–H groups in total. The van der Waals surface area contributed by atoms with Crippen molar-refractivity contribution >= 4 is 17.5 Å². The van der Waals surface area contributed by atoms with Gasteiger partial charge in [-0.3, -0.25) is 0 Å². The normalized spacial score (nSPS) is 10.1. The fraction of sp³-hybridized carbons (Fsp3) is 0.231. The van der Waals surface area contributed by atoms with Gasteiger partial charge in [-0.15, -0.1) is 0 Å². The van der Waals surface area contributed by atoms with Gasteiger partial charge in [0.1, 0.15) is 11.6 Å². The number of aromatic nitrogens is 2. The third-order valence-electron chi connectivity index (χ3n) is 2.31. The van der Waals surface area contributed by atoms with Gasteiger partial charge < -0.3 is 10.6 Å². The summed E-state index contributed by atoms with van der Waals surface area (Å²) in [6.45, 7) is 2.96. The lowest BCUT2D eigenvalue weighted by Crippen LogP contribution is -2.04. The van der Waals surface area contributed by atoms with Crippen LogP contribution in [0.4, 0.5) is 21.8 Å². The van der Waals surface area contributed by atoms with Crippen LogP contribution in [0.15, 0.2) is 36.5 Å². The monoisotopic (exact) mass is 246 g/mol. The van der Waals surface area contributed by atoms with E-state index in [2.05, 4.69) is 27.5 Å². The maximum Gasteiger partial charge on any atom is 0.229 e. The average molecular weight is 246 g/mol. The summed E-state index contributed by atoms with van der Waals surface area (Å²) in [4.78, 5) is 8.41. The predicted octanol–water partition coefficient (Wildman–Crippen LogP) is 3.18. The van der Waals surface area contributed by atoms with Crippen molar-refractivity contribution in [1.82, 2.24) is 9.97 Å². The quantitative estimate of drug-likeness (QED) is 0.850. The maximum atomic E-state index is 12.8. The van der Waals surface area contributed by atoms with Crippen LogP contribution in [0.2, 0.25) is 0 Å². The number of nitrogens with one attached hydrogen (secondary N) is 2.